The van der Waals surface area contributed by atoms with Gasteiger partial charge in [0.05, 0.1) is 23.9 Å². The fourth-order valence-corrected chi connectivity index (χ4v) is 6.70. The van der Waals surface area contributed by atoms with Crippen molar-refractivity contribution in [3.05, 3.63) is 46.2 Å². The molecule has 0 bridgehead atoms. The summed E-state index contributed by atoms with van der Waals surface area (Å²) in [7, 11) is 3.12. The fraction of sp³-hybridized carbons (Fsp3) is 0.519. The second-order valence-electron chi connectivity index (χ2n) is 11.1. The molecule has 4 aliphatic rings. The van der Waals surface area contributed by atoms with Crippen LogP contribution in [0.3, 0.4) is 0 Å². The number of carbonyl (C=O) groups is 3. The number of aliphatic hydroxyl groups is 4. The molecule has 6 N–H and O–H groups in total. The number of ketones is 2. The van der Waals surface area contributed by atoms with Gasteiger partial charge in [-0.15, -0.1) is 0 Å². The lowest BCUT2D eigenvalue weighted by Gasteiger charge is -2.53. The van der Waals surface area contributed by atoms with E-state index in [4.69, 9.17) is 0 Å². The van der Waals surface area contributed by atoms with Crippen LogP contribution in [0.5, 0.6) is 5.75 Å². The van der Waals surface area contributed by atoms with Gasteiger partial charge in [-0.05, 0) is 65.0 Å². The first-order valence-electron chi connectivity index (χ1n) is 12.7. The molecule has 38 heavy (non-hydrogen) atoms. The summed E-state index contributed by atoms with van der Waals surface area (Å²) in [6.45, 7) is 3.11. The zero-order valence-electron chi connectivity index (χ0n) is 21.6. The lowest BCUT2D eigenvalue weighted by molar-refractivity contribution is -0.159. The summed E-state index contributed by atoms with van der Waals surface area (Å²) in [6.07, 6.45) is 1.78. The summed E-state index contributed by atoms with van der Waals surface area (Å²) >= 11 is 0. The molecule has 1 aromatic carbocycles. The van der Waals surface area contributed by atoms with Crippen LogP contribution in [-0.2, 0) is 20.0 Å². The van der Waals surface area contributed by atoms with Gasteiger partial charge in [-0.25, -0.2) is 0 Å². The molecule has 0 radical (unpaired) electrons. The van der Waals surface area contributed by atoms with E-state index in [9.17, 15) is 39.9 Å². The van der Waals surface area contributed by atoms with Crippen molar-refractivity contribution in [1.82, 2.24) is 15.1 Å². The first-order chi connectivity index (χ1) is 17.8. The standard InChI is InChI=1S/C27H33N3O8/c1-26(37)13-7-6-8-16(31)17(13)21(32)18-14(26)11-15-20(29(2)3)22(33)19(24(35)27(15,38)23(18)34)25(36)28-12-30-9-4-5-10-30/h6-8,14-15,20,31-32,35,37-38H,4-5,9-12H2,1-3H3,(H,28,36)/t14-,15-,20+,26+,27+/m0/s1. The van der Waals surface area contributed by atoms with E-state index in [0.717, 1.165) is 25.9 Å². The van der Waals surface area contributed by atoms with Crippen molar-refractivity contribution in [2.24, 2.45) is 11.8 Å². The third kappa shape index (κ3) is 3.53. The Bertz CT molecular complexity index is 1290. The third-order valence-electron chi connectivity index (χ3n) is 8.66. The second-order valence-corrected chi connectivity index (χ2v) is 11.1. The lowest BCUT2D eigenvalue weighted by Crippen LogP contribution is -2.67. The normalized spacial score (nSPS) is 33.4. The first kappa shape index (κ1) is 26.4. The molecule has 5 rings (SSSR count). The molecule has 1 aromatic rings. The molecule has 1 heterocycles. The number of hydrogen-bond acceptors (Lipinski definition) is 10. The van der Waals surface area contributed by atoms with Gasteiger partial charge >= 0.3 is 0 Å². The van der Waals surface area contributed by atoms with Crippen molar-refractivity contribution in [3.63, 3.8) is 0 Å². The van der Waals surface area contributed by atoms with Crippen LogP contribution >= 0.6 is 0 Å². The molecular formula is C27H33N3O8. The molecule has 5 atom stereocenters. The average Bonchev–Trinajstić information content (AvgIpc) is 3.37. The summed E-state index contributed by atoms with van der Waals surface area (Å²) in [5, 5.41) is 59.0. The van der Waals surface area contributed by atoms with Gasteiger partial charge in [-0.1, -0.05) is 12.1 Å². The molecule has 11 nitrogen and oxygen atoms in total. The number of likely N-dealkylation sites (tertiary alicyclic amines) is 1. The number of amides is 1. The number of hydrogen-bond donors (Lipinski definition) is 6. The molecular weight excluding hydrogens is 494 g/mol. The van der Waals surface area contributed by atoms with Crippen LogP contribution in [0.15, 0.2) is 35.1 Å². The van der Waals surface area contributed by atoms with Gasteiger partial charge in [0, 0.05) is 17.4 Å². The summed E-state index contributed by atoms with van der Waals surface area (Å²) in [4.78, 5) is 44.3. The van der Waals surface area contributed by atoms with E-state index < -0.39 is 63.6 Å². The Labute approximate surface area is 219 Å². The molecule has 1 aliphatic heterocycles. The van der Waals surface area contributed by atoms with Gasteiger partial charge in [-0.2, -0.15) is 0 Å². The van der Waals surface area contributed by atoms with Crippen molar-refractivity contribution >= 4 is 23.2 Å². The van der Waals surface area contributed by atoms with Gasteiger partial charge in [0.1, 0.15) is 22.8 Å². The topological polar surface area (TPSA) is 171 Å². The monoisotopic (exact) mass is 527 g/mol. The maximum Gasteiger partial charge on any atom is 0.259 e. The van der Waals surface area contributed by atoms with Crippen molar-refractivity contribution in [3.8, 4) is 5.75 Å². The Balaban J connectivity index is 1.65. The van der Waals surface area contributed by atoms with E-state index in [1.807, 2.05) is 4.90 Å². The number of carbonyl (C=O) groups excluding carboxylic acids is 3. The number of aliphatic hydroxyl groups excluding tert-OH is 2. The first-order valence-corrected chi connectivity index (χ1v) is 12.7. The minimum Gasteiger partial charge on any atom is -0.508 e. The molecule has 11 heteroatoms. The predicted octanol–water partition coefficient (Wildman–Crippen LogP) is 0.313. The van der Waals surface area contributed by atoms with Crippen LogP contribution in [0.1, 0.15) is 37.3 Å². The molecule has 1 saturated carbocycles. The van der Waals surface area contributed by atoms with E-state index in [1.165, 1.54) is 30.0 Å². The van der Waals surface area contributed by atoms with Crippen molar-refractivity contribution < 1.29 is 39.9 Å². The fourth-order valence-electron chi connectivity index (χ4n) is 6.70. The molecule has 0 unspecified atom stereocenters. The highest BCUT2D eigenvalue weighted by atomic mass is 16.3. The summed E-state index contributed by atoms with van der Waals surface area (Å²) < 4.78 is 0. The number of likely N-dealkylation sites (N-methyl/N-ethyl adjacent to an activating group) is 1. The molecule has 2 fully saturated rings. The van der Waals surface area contributed by atoms with Crippen molar-refractivity contribution in [2.45, 2.75) is 43.4 Å². The van der Waals surface area contributed by atoms with Gasteiger partial charge < -0.3 is 30.8 Å². The largest absolute Gasteiger partial charge is 0.508 e. The maximum atomic E-state index is 14.0. The number of rotatable bonds is 4. The lowest BCUT2D eigenvalue weighted by atomic mass is 9.54. The minimum absolute atomic E-state index is 0.137. The summed E-state index contributed by atoms with van der Waals surface area (Å²) in [5.74, 6) is -7.17. The molecule has 3 aliphatic carbocycles. The number of phenolic OH excluding ortho intramolecular Hbond substituents is 1. The van der Waals surface area contributed by atoms with Crippen LogP contribution in [0.2, 0.25) is 0 Å². The zero-order chi connectivity index (χ0) is 27.7. The number of phenols is 1. The van der Waals surface area contributed by atoms with Crippen LogP contribution in [-0.4, -0.2) is 98.3 Å². The van der Waals surface area contributed by atoms with E-state index in [2.05, 4.69) is 5.32 Å². The number of nitrogens with one attached hydrogen (secondary N) is 1. The highest BCUT2D eigenvalue weighted by Crippen LogP contribution is 2.57. The van der Waals surface area contributed by atoms with Gasteiger partial charge in [0.2, 0.25) is 5.78 Å². The van der Waals surface area contributed by atoms with Crippen molar-refractivity contribution in [1.29, 1.82) is 0 Å². The summed E-state index contributed by atoms with van der Waals surface area (Å²) in [5.41, 5.74) is -5.54. The van der Waals surface area contributed by atoms with Gasteiger partial charge in [-0.3, -0.25) is 24.2 Å². The quantitative estimate of drug-likeness (QED) is 0.300. The molecule has 1 saturated heterocycles. The highest BCUT2D eigenvalue weighted by Gasteiger charge is 2.66. The predicted molar refractivity (Wildman–Crippen MR) is 135 cm³/mol. The smallest absolute Gasteiger partial charge is 0.259 e. The number of Topliss-reactive ketones (excluding diaryl/α,β-unsaturated/α-hetero) is 2. The second kappa shape index (κ2) is 8.91. The summed E-state index contributed by atoms with van der Waals surface area (Å²) in [6, 6.07) is 3.12. The maximum absolute atomic E-state index is 14.0. The van der Waals surface area contributed by atoms with Crippen LogP contribution < -0.4 is 5.32 Å². The molecule has 0 spiro atoms. The highest BCUT2D eigenvalue weighted by molar-refractivity contribution is 6.25. The Morgan fingerprint density at radius 1 is 1.13 bits per heavy atom. The SMILES string of the molecule is CN(C)[C@H]1C(=O)C(C(=O)NCN2CCCC2)=C(O)[C@]2(O)C(=O)C3=C(O)c4c(O)cccc4[C@@](C)(O)[C@H]3C[C@@H]12. The Morgan fingerprint density at radius 2 is 1.79 bits per heavy atom. The number of fused-ring (bicyclic) bond motifs is 3. The number of nitrogens with zero attached hydrogens (tertiary/aromatic N) is 2. The molecule has 1 amide bonds. The Kier molecular flexibility index (Phi) is 6.18. The molecule has 0 aromatic heterocycles. The van der Waals surface area contributed by atoms with E-state index >= 15 is 0 Å². The Hall–Kier alpha value is -3.25. The number of benzene rings is 1. The van der Waals surface area contributed by atoms with Crippen LogP contribution in [0, 0.1) is 11.8 Å². The van der Waals surface area contributed by atoms with Crippen LogP contribution in [0.4, 0.5) is 0 Å². The minimum atomic E-state index is -2.72. The third-order valence-corrected chi connectivity index (χ3v) is 8.66. The van der Waals surface area contributed by atoms with E-state index in [1.54, 1.807) is 14.1 Å². The van der Waals surface area contributed by atoms with Crippen molar-refractivity contribution in [2.75, 3.05) is 33.9 Å². The zero-order valence-corrected chi connectivity index (χ0v) is 21.6. The van der Waals surface area contributed by atoms with E-state index in [-0.39, 0.29) is 35.5 Å². The van der Waals surface area contributed by atoms with E-state index in [0.29, 0.717) is 0 Å². The number of aromatic hydroxyl groups is 1. The van der Waals surface area contributed by atoms with Crippen LogP contribution in [0.25, 0.3) is 5.76 Å². The molecule has 204 valence electrons. The average molecular weight is 528 g/mol. The Morgan fingerprint density at radius 3 is 2.42 bits per heavy atom. The van der Waals surface area contributed by atoms with Gasteiger partial charge in [0.15, 0.2) is 11.4 Å². The van der Waals surface area contributed by atoms with Gasteiger partial charge in [0.25, 0.3) is 5.91 Å².